The second-order valence-corrected chi connectivity index (χ2v) is 3.97. The van der Waals surface area contributed by atoms with Crippen molar-refractivity contribution in [1.82, 2.24) is 10.9 Å². The molecule has 2 nitrogen and oxygen atoms in total. The third-order valence-electron chi connectivity index (χ3n) is 2.16. The van der Waals surface area contributed by atoms with Crippen LogP contribution in [0.1, 0.15) is 33.6 Å². The van der Waals surface area contributed by atoms with E-state index in [1.54, 1.807) is 0 Å². The fraction of sp³-hybridized carbons (Fsp3) is 1.00. The highest BCUT2D eigenvalue weighted by Gasteiger charge is 2.25. The van der Waals surface area contributed by atoms with Crippen molar-refractivity contribution in [2.45, 2.75) is 39.7 Å². The lowest BCUT2D eigenvalue weighted by molar-refractivity contribution is 0.183. The first-order valence-electron chi connectivity index (χ1n) is 4.12. The van der Waals surface area contributed by atoms with Crippen LogP contribution in [0.4, 0.5) is 0 Å². The molecule has 0 aromatic heterocycles. The standard InChI is InChI=1S/C8H18N2/c1-4-7-5-8(2,3)6-9-10-7/h7,9-10H,4-6H2,1-3H3. The first kappa shape index (κ1) is 8.02. The maximum Gasteiger partial charge on any atom is 0.0215 e. The van der Waals surface area contributed by atoms with Gasteiger partial charge in [-0.25, -0.2) is 0 Å². The molecule has 0 radical (unpaired) electrons. The third kappa shape index (κ3) is 1.96. The second-order valence-electron chi connectivity index (χ2n) is 3.97. The molecule has 1 fully saturated rings. The molecular formula is C8H18N2. The predicted octanol–water partition coefficient (Wildman–Crippen LogP) is 1.29. The van der Waals surface area contributed by atoms with Crippen molar-refractivity contribution in [1.29, 1.82) is 0 Å². The summed E-state index contributed by atoms with van der Waals surface area (Å²) in [5.41, 5.74) is 6.98. The second kappa shape index (κ2) is 2.89. The van der Waals surface area contributed by atoms with Gasteiger partial charge < -0.3 is 0 Å². The van der Waals surface area contributed by atoms with Crippen LogP contribution in [0, 0.1) is 5.41 Å². The molecule has 2 N–H and O–H groups in total. The van der Waals surface area contributed by atoms with Crippen LogP contribution in [0.5, 0.6) is 0 Å². The molecule has 0 aliphatic carbocycles. The van der Waals surface area contributed by atoms with Crippen LogP contribution in [0.25, 0.3) is 0 Å². The SMILES string of the molecule is CCC1CC(C)(C)CNN1. The van der Waals surface area contributed by atoms with E-state index in [9.17, 15) is 0 Å². The van der Waals surface area contributed by atoms with Gasteiger partial charge in [-0.2, -0.15) is 0 Å². The van der Waals surface area contributed by atoms with Gasteiger partial charge in [-0.3, -0.25) is 10.9 Å². The average molecular weight is 142 g/mol. The zero-order chi connectivity index (χ0) is 7.61. The molecule has 0 saturated carbocycles. The third-order valence-corrected chi connectivity index (χ3v) is 2.16. The lowest BCUT2D eigenvalue weighted by Crippen LogP contribution is -2.52. The molecule has 0 bridgehead atoms. The van der Waals surface area contributed by atoms with Gasteiger partial charge in [-0.1, -0.05) is 20.8 Å². The van der Waals surface area contributed by atoms with Crippen LogP contribution in [-0.4, -0.2) is 12.6 Å². The Bertz CT molecular complexity index is 110. The highest BCUT2D eigenvalue weighted by atomic mass is 15.4. The summed E-state index contributed by atoms with van der Waals surface area (Å²) in [6.07, 6.45) is 2.51. The van der Waals surface area contributed by atoms with Crippen molar-refractivity contribution in [3.05, 3.63) is 0 Å². The zero-order valence-electron chi connectivity index (χ0n) is 7.20. The van der Waals surface area contributed by atoms with E-state index in [-0.39, 0.29) is 0 Å². The van der Waals surface area contributed by atoms with Gasteiger partial charge in [0.15, 0.2) is 0 Å². The Hall–Kier alpha value is -0.0800. The predicted molar refractivity (Wildman–Crippen MR) is 43.6 cm³/mol. The molecule has 1 aliphatic heterocycles. The van der Waals surface area contributed by atoms with E-state index in [2.05, 4.69) is 31.6 Å². The van der Waals surface area contributed by atoms with Gasteiger partial charge in [0.2, 0.25) is 0 Å². The minimum absolute atomic E-state index is 0.478. The van der Waals surface area contributed by atoms with Crippen molar-refractivity contribution >= 4 is 0 Å². The molecular weight excluding hydrogens is 124 g/mol. The average Bonchev–Trinajstić information content (AvgIpc) is 1.86. The minimum atomic E-state index is 0.478. The van der Waals surface area contributed by atoms with Gasteiger partial charge in [0.1, 0.15) is 0 Å². The molecule has 1 unspecified atom stereocenters. The molecule has 60 valence electrons. The van der Waals surface area contributed by atoms with Gasteiger partial charge in [0.25, 0.3) is 0 Å². The number of rotatable bonds is 1. The molecule has 1 heterocycles. The first-order chi connectivity index (χ1) is 4.64. The van der Waals surface area contributed by atoms with E-state index in [4.69, 9.17) is 0 Å². The maximum absolute atomic E-state index is 3.27. The molecule has 1 aliphatic rings. The van der Waals surface area contributed by atoms with Crippen LogP contribution in [0.2, 0.25) is 0 Å². The van der Waals surface area contributed by atoms with Gasteiger partial charge in [0, 0.05) is 12.6 Å². The van der Waals surface area contributed by atoms with Gasteiger partial charge in [-0.05, 0) is 18.3 Å². The summed E-state index contributed by atoms with van der Waals surface area (Å²) in [5.74, 6) is 0. The molecule has 0 aromatic rings. The Morgan fingerprint density at radius 2 is 2.20 bits per heavy atom. The summed E-state index contributed by atoms with van der Waals surface area (Å²) in [6.45, 7) is 7.93. The van der Waals surface area contributed by atoms with Gasteiger partial charge >= 0.3 is 0 Å². The lowest BCUT2D eigenvalue weighted by atomic mass is 9.84. The van der Waals surface area contributed by atoms with Crippen LogP contribution in [0.15, 0.2) is 0 Å². The van der Waals surface area contributed by atoms with Crippen LogP contribution in [0.3, 0.4) is 0 Å². The summed E-state index contributed by atoms with van der Waals surface area (Å²) < 4.78 is 0. The van der Waals surface area contributed by atoms with E-state index >= 15 is 0 Å². The Labute approximate surface area is 63.4 Å². The summed E-state index contributed by atoms with van der Waals surface area (Å²) in [7, 11) is 0. The molecule has 10 heavy (non-hydrogen) atoms. The maximum atomic E-state index is 3.27. The summed E-state index contributed by atoms with van der Waals surface area (Å²) in [4.78, 5) is 0. The van der Waals surface area contributed by atoms with E-state index in [1.165, 1.54) is 12.8 Å². The zero-order valence-corrected chi connectivity index (χ0v) is 7.20. The molecule has 1 rings (SSSR count). The van der Waals surface area contributed by atoms with E-state index in [0.717, 1.165) is 6.54 Å². The van der Waals surface area contributed by atoms with Crippen molar-refractivity contribution in [3.8, 4) is 0 Å². The monoisotopic (exact) mass is 142 g/mol. The summed E-state index contributed by atoms with van der Waals surface area (Å²) in [5, 5.41) is 0. The Morgan fingerprint density at radius 3 is 2.60 bits per heavy atom. The summed E-state index contributed by atoms with van der Waals surface area (Å²) >= 11 is 0. The quantitative estimate of drug-likeness (QED) is 0.576. The minimum Gasteiger partial charge on any atom is -0.257 e. The van der Waals surface area contributed by atoms with Crippen molar-refractivity contribution in [2.24, 2.45) is 5.41 Å². The van der Waals surface area contributed by atoms with Crippen LogP contribution in [-0.2, 0) is 0 Å². The first-order valence-corrected chi connectivity index (χ1v) is 4.12. The largest absolute Gasteiger partial charge is 0.257 e. The van der Waals surface area contributed by atoms with Gasteiger partial charge in [0.05, 0.1) is 0 Å². The lowest BCUT2D eigenvalue weighted by Gasteiger charge is -2.36. The van der Waals surface area contributed by atoms with E-state index in [1.807, 2.05) is 0 Å². The Morgan fingerprint density at radius 1 is 1.50 bits per heavy atom. The molecule has 0 spiro atoms. The normalized spacial score (nSPS) is 32.1. The molecule has 1 saturated heterocycles. The molecule has 0 amide bonds. The fourth-order valence-corrected chi connectivity index (χ4v) is 1.47. The highest BCUT2D eigenvalue weighted by molar-refractivity contribution is 4.81. The van der Waals surface area contributed by atoms with Crippen molar-refractivity contribution in [3.63, 3.8) is 0 Å². The number of hydrazine groups is 1. The van der Waals surface area contributed by atoms with Crippen molar-refractivity contribution < 1.29 is 0 Å². The molecule has 2 heteroatoms. The topological polar surface area (TPSA) is 24.1 Å². The number of hydrogen-bond acceptors (Lipinski definition) is 2. The molecule has 1 atom stereocenters. The number of hydrogen-bond donors (Lipinski definition) is 2. The highest BCUT2D eigenvalue weighted by Crippen LogP contribution is 2.24. The fourth-order valence-electron chi connectivity index (χ4n) is 1.47. The van der Waals surface area contributed by atoms with Gasteiger partial charge in [-0.15, -0.1) is 0 Å². The summed E-state index contributed by atoms with van der Waals surface area (Å²) in [6, 6.07) is 0.670. The number of nitrogens with one attached hydrogen (secondary N) is 2. The smallest absolute Gasteiger partial charge is 0.0215 e. The van der Waals surface area contributed by atoms with Crippen molar-refractivity contribution in [2.75, 3.05) is 6.54 Å². The Balaban J connectivity index is 2.40. The van der Waals surface area contributed by atoms with Crippen LogP contribution >= 0.6 is 0 Å². The van der Waals surface area contributed by atoms with Crippen LogP contribution < -0.4 is 10.9 Å². The van der Waals surface area contributed by atoms with E-state index < -0.39 is 0 Å². The Kier molecular flexibility index (Phi) is 2.32. The molecule has 0 aromatic carbocycles. The van der Waals surface area contributed by atoms with E-state index in [0.29, 0.717) is 11.5 Å².